The van der Waals surface area contributed by atoms with Crippen molar-refractivity contribution < 1.29 is 9.59 Å². The Morgan fingerprint density at radius 3 is 2.23 bits per heavy atom. The van der Waals surface area contributed by atoms with Gasteiger partial charge in [0.05, 0.1) is 5.75 Å². The Hall–Kier alpha value is -1.79. The van der Waals surface area contributed by atoms with Crippen molar-refractivity contribution in [2.24, 2.45) is 0 Å². The number of nitrogens with one attached hydrogen (secondary N) is 1. The highest BCUT2D eigenvalue weighted by Gasteiger charge is 2.26. The fourth-order valence-corrected chi connectivity index (χ4v) is 4.44. The minimum Gasteiger partial charge on any atom is -0.352 e. The van der Waals surface area contributed by atoms with Gasteiger partial charge in [0, 0.05) is 22.8 Å². The number of amides is 2. The Labute approximate surface area is 199 Å². The second-order valence-corrected chi connectivity index (χ2v) is 10.0. The van der Waals surface area contributed by atoms with E-state index in [9.17, 15) is 9.59 Å². The number of hydrogen-bond acceptors (Lipinski definition) is 3. The normalized spacial score (nSPS) is 12.8. The van der Waals surface area contributed by atoms with E-state index in [4.69, 9.17) is 0 Å². The molecule has 31 heavy (non-hydrogen) atoms. The van der Waals surface area contributed by atoms with Crippen LogP contribution in [0.15, 0.2) is 46.9 Å². The number of halogens is 1. The van der Waals surface area contributed by atoms with Crippen molar-refractivity contribution in [2.45, 2.75) is 65.4 Å². The molecule has 0 aromatic heterocycles. The van der Waals surface area contributed by atoms with Crippen molar-refractivity contribution in [3.8, 4) is 0 Å². The molecule has 168 valence electrons. The molecule has 0 saturated heterocycles. The summed E-state index contributed by atoms with van der Waals surface area (Å²) in [6.07, 6.45) is 0.852. The van der Waals surface area contributed by atoms with Crippen molar-refractivity contribution in [1.82, 2.24) is 10.2 Å². The molecule has 0 spiro atoms. The molecule has 0 heterocycles. The molecule has 2 atom stereocenters. The molecule has 0 radical (unpaired) electrons. The largest absolute Gasteiger partial charge is 0.352 e. The molecule has 2 aromatic carbocycles. The average Bonchev–Trinajstić information content (AvgIpc) is 2.71. The standard InChI is InChI=1S/C25H33BrN2O2S/c1-6-19(4)27-25(30)20(5)28(14-21-7-9-23(26)10-8-21)24(29)16-31-15-22-12-17(2)11-18(3)13-22/h7-13,19-20H,6,14-16H2,1-5H3,(H,27,30)/t19-,20-/m0/s1. The van der Waals surface area contributed by atoms with Gasteiger partial charge >= 0.3 is 0 Å². The predicted molar refractivity (Wildman–Crippen MR) is 134 cm³/mol. The van der Waals surface area contributed by atoms with Gasteiger partial charge in [-0.1, -0.05) is 64.3 Å². The van der Waals surface area contributed by atoms with Crippen molar-refractivity contribution in [3.05, 3.63) is 69.2 Å². The lowest BCUT2D eigenvalue weighted by Gasteiger charge is -2.29. The van der Waals surface area contributed by atoms with Gasteiger partial charge in [0.1, 0.15) is 6.04 Å². The van der Waals surface area contributed by atoms with Crippen molar-refractivity contribution in [1.29, 1.82) is 0 Å². The third kappa shape index (κ3) is 8.34. The molecule has 0 bridgehead atoms. The number of carbonyl (C=O) groups is 2. The molecular weight excluding hydrogens is 472 g/mol. The number of rotatable bonds is 10. The maximum Gasteiger partial charge on any atom is 0.242 e. The zero-order valence-corrected chi connectivity index (χ0v) is 21.5. The molecule has 2 rings (SSSR count). The first-order valence-electron chi connectivity index (χ1n) is 10.7. The predicted octanol–water partition coefficient (Wildman–Crippen LogP) is 5.63. The number of thioether (sulfide) groups is 1. The Morgan fingerprint density at radius 1 is 1.03 bits per heavy atom. The number of nitrogens with zero attached hydrogens (tertiary/aromatic N) is 1. The summed E-state index contributed by atoms with van der Waals surface area (Å²) in [7, 11) is 0. The van der Waals surface area contributed by atoms with Gasteiger partial charge in [0.15, 0.2) is 0 Å². The highest BCUT2D eigenvalue weighted by atomic mass is 79.9. The molecular formula is C25H33BrN2O2S. The average molecular weight is 506 g/mol. The SMILES string of the molecule is CC[C@H](C)NC(=O)[C@H](C)N(Cc1ccc(Br)cc1)C(=O)CSCc1cc(C)cc(C)c1. The van der Waals surface area contributed by atoms with Crippen LogP contribution in [0.2, 0.25) is 0 Å². The van der Waals surface area contributed by atoms with Gasteiger partial charge in [-0.3, -0.25) is 9.59 Å². The molecule has 6 heteroatoms. The highest BCUT2D eigenvalue weighted by molar-refractivity contribution is 9.10. The quantitative estimate of drug-likeness (QED) is 0.455. The fraction of sp³-hybridized carbons (Fsp3) is 0.440. The van der Waals surface area contributed by atoms with Gasteiger partial charge in [0.2, 0.25) is 11.8 Å². The van der Waals surface area contributed by atoms with Crippen molar-refractivity contribution in [2.75, 3.05) is 5.75 Å². The van der Waals surface area contributed by atoms with Gasteiger partial charge in [0.25, 0.3) is 0 Å². The summed E-state index contributed by atoms with van der Waals surface area (Å²) < 4.78 is 0.987. The molecule has 0 aliphatic rings. The molecule has 4 nitrogen and oxygen atoms in total. The van der Waals surface area contributed by atoms with E-state index in [-0.39, 0.29) is 17.9 Å². The molecule has 1 N–H and O–H groups in total. The van der Waals surface area contributed by atoms with Crippen LogP contribution in [-0.2, 0) is 21.9 Å². The van der Waals surface area contributed by atoms with Gasteiger partial charge in [-0.2, -0.15) is 0 Å². The Kier molecular flexibility index (Phi) is 10.1. The molecule has 0 fully saturated rings. The Bertz CT molecular complexity index is 865. The van der Waals surface area contributed by atoms with E-state index >= 15 is 0 Å². The van der Waals surface area contributed by atoms with Gasteiger partial charge in [-0.25, -0.2) is 0 Å². The van der Waals surface area contributed by atoms with E-state index < -0.39 is 6.04 Å². The summed E-state index contributed by atoms with van der Waals surface area (Å²) in [4.78, 5) is 27.6. The summed E-state index contributed by atoms with van der Waals surface area (Å²) in [5, 5.41) is 3.01. The zero-order chi connectivity index (χ0) is 23.0. The van der Waals surface area contributed by atoms with E-state index in [0.717, 1.165) is 22.2 Å². The maximum atomic E-state index is 13.2. The van der Waals surface area contributed by atoms with E-state index in [1.807, 2.05) is 45.0 Å². The van der Waals surface area contributed by atoms with Crippen molar-refractivity contribution in [3.63, 3.8) is 0 Å². The van der Waals surface area contributed by atoms with Crippen LogP contribution in [0.5, 0.6) is 0 Å². The van der Waals surface area contributed by atoms with E-state index in [1.54, 1.807) is 16.7 Å². The summed E-state index contributed by atoms with van der Waals surface area (Å²) in [6.45, 7) is 10.4. The van der Waals surface area contributed by atoms with Crippen LogP contribution < -0.4 is 5.32 Å². The van der Waals surface area contributed by atoms with Gasteiger partial charge < -0.3 is 10.2 Å². The monoisotopic (exact) mass is 504 g/mol. The minimum absolute atomic E-state index is 0.0240. The molecule has 2 aromatic rings. The molecule has 0 saturated carbocycles. The zero-order valence-electron chi connectivity index (χ0n) is 19.1. The topological polar surface area (TPSA) is 49.4 Å². The lowest BCUT2D eigenvalue weighted by molar-refractivity contribution is -0.138. The van der Waals surface area contributed by atoms with Gasteiger partial charge in [-0.05, 0) is 57.4 Å². The fourth-order valence-electron chi connectivity index (χ4n) is 3.33. The summed E-state index contributed by atoms with van der Waals surface area (Å²) >= 11 is 5.04. The second-order valence-electron chi connectivity index (χ2n) is 8.13. The first kappa shape index (κ1) is 25.5. The summed E-state index contributed by atoms with van der Waals surface area (Å²) in [6, 6.07) is 13.9. The van der Waals surface area contributed by atoms with Crippen molar-refractivity contribution >= 4 is 39.5 Å². The van der Waals surface area contributed by atoms with Crippen LogP contribution in [-0.4, -0.2) is 34.6 Å². The smallest absolute Gasteiger partial charge is 0.242 e. The molecule has 0 aliphatic heterocycles. The lowest BCUT2D eigenvalue weighted by Crippen LogP contribution is -2.50. The number of carbonyl (C=O) groups excluding carboxylic acids is 2. The summed E-state index contributed by atoms with van der Waals surface area (Å²) in [5.74, 6) is 0.974. The van der Waals surface area contributed by atoms with E-state index in [1.165, 1.54) is 16.7 Å². The van der Waals surface area contributed by atoms with Crippen LogP contribution in [0.3, 0.4) is 0 Å². The number of hydrogen-bond donors (Lipinski definition) is 1. The second kappa shape index (κ2) is 12.3. The van der Waals surface area contributed by atoms with Crippen LogP contribution in [0.1, 0.15) is 49.4 Å². The summed E-state index contributed by atoms with van der Waals surface area (Å²) in [5.41, 5.74) is 4.68. The van der Waals surface area contributed by atoms with E-state index in [2.05, 4.69) is 53.3 Å². The maximum absolute atomic E-state index is 13.2. The van der Waals surface area contributed by atoms with Crippen LogP contribution in [0.25, 0.3) is 0 Å². The number of benzene rings is 2. The first-order valence-corrected chi connectivity index (χ1v) is 12.6. The molecule has 0 unspecified atom stereocenters. The van der Waals surface area contributed by atoms with Crippen LogP contribution in [0.4, 0.5) is 0 Å². The van der Waals surface area contributed by atoms with Gasteiger partial charge in [-0.15, -0.1) is 11.8 Å². The minimum atomic E-state index is -0.535. The van der Waals surface area contributed by atoms with Crippen LogP contribution in [0, 0.1) is 13.8 Å². The van der Waals surface area contributed by atoms with Crippen LogP contribution >= 0.6 is 27.7 Å². The Balaban J connectivity index is 2.08. The highest BCUT2D eigenvalue weighted by Crippen LogP contribution is 2.19. The Morgan fingerprint density at radius 2 is 1.65 bits per heavy atom. The molecule has 0 aliphatic carbocycles. The third-order valence-corrected chi connectivity index (χ3v) is 6.73. The molecule has 2 amide bonds. The first-order chi connectivity index (χ1) is 14.7. The number of aryl methyl sites for hydroxylation is 2. The third-order valence-electron chi connectivity index (χ3n) is 5.21. The lowest BCUT2D eigenvalue weighted by atomic mass is 10.1. The van der Waals surface area contributed by atoms with E-state index in [0.29, 0.717) is 12.3 Å².